The summed E-state index contributed by atoms with van der Waals surface area (Å²) < 4.78 is 12.9. The van der Waals surface area contributed by atoms with Crippen LogP contribution in [0, 0.1) is 19.7 Å². The highest BCUT2D eigenvalue weighted by Gasteiger charge is 1.98. The van der Waals surface area contributed by atoms with Crippen molar-refractivity contribution in [2.75, 3.05) is 5.32 Å². The van der Waals surface area contributed by atoms with E-state index >= 15 is 0 Å². The first-order valence-electron chi connectivity index (χ1n) is 5.56. The number of hydrogen-bond donors (Lipinski definition) is 1. The molecule has 0 saturated carbocycles. The highest BCUT2D eigenvalue weighted by atomic mass is 19.1. The molecule has 0 aliphatic carbocycles. The molecule has 1 N–H and O–H groups in total. The number of halogens is 1. The molecular weight excluding hydrogens is 215 g/mol. The van der Waals surface area contributed by atoms with E-state index in [1.54, 1.807) is 6.20 Å². The molecule has 1 heterocycles. The number of nitrogens with one attached hydrogen (secondary N) is 1. The van der Waals surface area contributed by atoms with Gasteiger partial charge in [-0.3, -0.25) is 4.98 Å². The molecule has 2 aromatic rings. The van der Waals surface area contributed by atoms with Gasteiger partial charge in [-0.1, -0.05) is 6.07 Å². The number of aromatic nitrogens is 1. The zero-order valence-corrected chi connectivity index (χ0v) is 10.00. The summed E-state index contributed by atoms with van der Waals surface area (Å²) in [6.07, 6.45) is 2.87. The monoisotopic (exact) mass is 230 g/mol. The number of anilines is 1. The summed E-state index contributed by atoms with van der Waals surface area (Å²) >= 11 is 0. The minimum absolute atomic E-state index is 0.301. The van der Waals surface area contributed by atoms with Crippen molar-refractivity contribution in [2.24, 2.45) is 0 Å². The van der Waals surface area contributed by atoms with E-state index in [1.807, 2.05) is 6.07 Å². The van der Waals surface area contributed by atoms with Crippen LogP contribution in [0.2, 0.25) is 0 Å². The Morgan fingerprint density at radius 3 is 2.65 bits per heavy atom. The molecule has 2 rings (SSSR count). The number of hydrogen-bond acceptors (Lipinski definition) is 2. The van der Waals surface area contributed by atoms with Gasteiger partial charge in [-0.2, -0.15) is 0 Å². The summed E-state index contributed by atoms with van der Waals surface area (Å²) in [4.78, 5) is 3.81. The Hall–Kier alpha value is -1.90. The predicted molar refractivity (Wildman–Crippen MR) is 67.4 cm³/mol. The van der Waals surface area contributed by atoms with E-state index in [9.17, 15) is 4.39 Å². The van der Waals surface area contributed by atoms with Crippen LogP contribution in [0.15, 0.2) is 36.7 Å². The SMILES string of the molecule is Cc1ccc(NCc2cncc(F)c2)cc1C. The van der Waals surface area contributed by atoms with Gasteiger partial charge in [-0.15, -0.1) is 0 Å². The van der Waals surface area contributed by atoms with E-state index in [1.165, 1.54) is 23.4 Å². The van der Waals surface area contributed by atoms with Crippen LogP contribution in [0.25, 0.3) is 0 Å². The van der Waals surface area contributed by atoms with E-state index in [0.29, 0.717) is 6.54 Å². The van der Waals surface area contributed by atoms with E-state index in [0.717, 1.165) is 11.3 Å². The number of rotatable bonds is 3. The van der Waals surface area contributed by atoms with Gasteiger partial charge in [0, 0.05) is 18.4 Å². The van der Waals surface area contributed by atoms with Crippen LogP contribution < -0.4 is 5.32 Å². The quantitative estimate of drug-likeness (QED) is 0.873. The summed E-state index contributed by atoms with van der Waals surface area (Å²) in [7, 11) is 0. The van der Waals surface area contributed by atoms with E-state index < -0.39 is 0 Å². The Labute approximate surface area is 101 Å². The van der Waals surface area contributed by atoms with Crippen LogP contribution in [0.3, 0.4) is 0 Å². The van der Waals surface area contributed by atoms with Gasteiger partial charge < -0.3 is 5.32 Å². The highest BCUT2D eigenvalue weighted by molar-refractivity contribution is 5.48. The first kappa shape index (κ1) is 11.6. The summed E-state index contributed by atoms with van der Waals surface area (Å²) in [6.45, 7) is 4.73. The van der Waals surface area contributed by atoms with E-state index in [4.69, 9.17) is 0 Å². The fraction of sp³-hybridized carbons (Fsp3) is 0.214. The molecule has 0 spiro atoms. The molecule has 2 nitrogen and oxygen atoms in total. The van der Waals surface area contributed by atoms with Crippen molar-refractivity contribution in [3.05, 3.63) is 59.2 Å². The van der Waals surface area contributed by atoms with Crippen molar-refractivity contribution < 1.29 is 4.39 Å². The van der Waals surface area contributed by atoms with E-state index in [-0.39, 0.29) is 5.82 Å². The van der Waals surface area contributed by atoms with Crippen molar-refractivity contribution in [1.29, 1.82) is 0 Å². The van der Waals surface area contributed by atoms with Crippen LogP contribution >= 0.6 is 0 Å². The second kappa shape index (κ2) is 4.95. The molecule has 0 radical (unpaired) electrons. The zero-order chi connectivity index (χ0) is 12.3. The second-order valence-electron chi connectivity index (χ2n) is 4.16. The summed E-state index contributed by atoms with van der Waals surface area (Å²) in [5.74, 6) is -0.301. The van der Waals surface area contributed by atoms with Crippen LogP contribution in [0.4, 0.5) is 10.1 Å². The standard InChI is InChI=1S/C14H15FN2/c1-10-3-4-14(5-11(10)2)17-8-12-6-13(15)9-16-7-12/h3-7,9,17H,8H2,1-2H3. The Morgan fingerprint density at radius 1 is 1.12 bits per heavy atom. The molecule has 88 valence electrons. The molecule has 0 bridgehead atoms. The van der Waals surface area contributed by atoms with E-state index in [2.05, 4.69) is 36.3 Å². The minimum atomic E-state index is -0.301. The third kappa shape index (κ3) is 3.03. The molecule has 0 atom stereocenters. The second-order valence-corrected chi connectivity index (χ2v) is 4.16. The molecule has 0 aliphatic heterocycles. The van der Waals surface area contributed by atoms with Gasteiger partial charge in [-0.05, 0) is 48.7 Å². The molecule has 0 fully saturated rings. The maximum Gasteiger partial charge on any atom is 0.141 e. The number of aryl methyl sites for hydroxylation is 2. The maximum atomic E-state index is 12.9. The van der Waals surface area contributed by atoms with Crippen molar-refractivity contribution in [3.8, 4) is 0 Å². The van der Waals surface area contributed by atoms with Crippen LogP contribution in [-0.4, -0.2) is 4.98 Å². The normalized spacial score (nSPS) is 10.3. The Kier molecular flexibility index (Phi) is 3.38. The first-order valence-corrected chi connectivity index (χ1v) is 5.56. The fourth-order valence-electron chi connectivity index (χ4n) is 1.61. The molecule has 3 heteroatoms. The molecule has 0 unspecified atom stereocenters. The molecule has 17 heavy (non-hydrogen) atoms. The maximum absolute atomic E-state index is 12.9. The van der Waals surface area contributed by atoms with Crippen molar-refractivity contribution in [1.82, 2.24) is 4.98 Å². The average Bonchev–Trinajstić information content (AvgIpc) is 2.31. The van der Waals surface area contributed by atoms with Crippen LogP contribution in [0.1, 0.15) is 16.7 Å². The van der Waals surface area contributed by atoms with Gasteiger partial charge in [-0.25, -0.2) is 4.39 Å². The summed E-state index contributed by atoms with van der Waals surface area (Å²) in [5, 5.41) is 3.25. The lowest BCUT2D eigenvalue weighted by molar-refractivity contribution is 0.619. The van der Waals surface area contributed by atoms with Crippen molar-refractivity contribution >= 4 is 5.69 Å². The van der Waals surface area contributed by atoms with Gasteiger partial charge in [0.05, 0.1) is 6.20 Å². The average molecular weight is 230 g/mol. The van der Waals surface area contributed by atoms with Gasteiger partial charge in [0.15, 0.2) is 0 Å². The lowest BCUT2D eigenvalue weighted by Gasteiger charge is -2.08. The Bertz CT molecular complexity index is 523. The third-order valence-electron chi connectivity index (χ3n) is 2.77. The van der Waals surface area contributed by atoms with Gasteiger partial charge in [0.2, 0.25) is 0 Å². The molecule has 0 amide bonds. The van der Waals surface area contributed by atoms with Crippen LogP contribution in [-0.2, 0) is 6.54 Å². The van der Waals surface area contributed by atoms with Gasteiger partial charge >= 0.3 is 0 Å². The highest BCUT2D eigenvalue weighted by Crippen LogP contribution is 2.15. The number of nitrogens with zero attached hydrogens (tertiary/aromatic N) is 1. The lowest BCUT2D eigenvalue weighted by Crippen LogP contribution is -2.00. The molecular formula is C14H15FN2. The third-order valence-corrected chi connectivity index (χ3v) is 2.77. The predicted octanol–water partition coefficient (Wildman–Crippen LogP) is 3.45. The van der Waals surface area contributed by atoms with Crippen molar-refractivity contribution in [2.45, 2.75) is 20.4 Å². The first-order chi connectivity index (χ1) is 8.15. The van der Waals surface area contributed by atoms with Crippen molar-refractivity contribution in [3.63, 3.8) is 0 Å². The van der Waals surface area contributed by atoms with Gasteiger partial charge in [0.1, 0.15) is 5.82 Å². The molecule has 0 aliphatic rings. The Balaban J connectivity index is 2.05. The Morgan fingerprint density at radius 2 is 1.94 bits per heavy atom. The van der Waals surface area contributed by atoms with Crippen LogP contribution in [0.5, 0.6) is 0 Å². The lowest BCUT2D eigenvalue weighted by atomic mass is 10.1. The molecule has 0 saturated heterocycles. The number of benzene rings is 1. The summed E-state index contributed by atoms with van der Waals surface area (Å²) in [6, 6.07) is 7.67. The minimum Gasteiger partial charge on any atom is -0.381 e. The topological polar surface area (TPSA) is 24.9 Å². The summed E-state index contributed by atoms with van der Waals surface area (Å²) in [5.41, 5.74) is 4.39. The fourth-order valence-corrected chi connectivity index (χ4v) is 1.61. The molecule has 1 aromatic heterocycles. The molecule has 1 aromatic carbocycles. The number of pyridine rings is 1. The van der Waals surface area contributed by atoms with Gasteiger partial charge in [0.25, 0.3) is 0 Å². The largest absolute Gasteiger partial charge is 0.381 e. The smallest absolute Gasteiger partial charge is 0.141 e. The zero-order valence-electron chi connectivity index (χ0n) is 10.00.